The quantitative estimate of drug-likeness (QED) is 0.699. The van der Waals surface area contributed by atoms with Crippen molar-refractivity contribution in [2.24, 2.45) is 0 Å². The Morgan fingerprint density at radius 3 is 2.58 bits per heavy atom. The summed E-state index contributed by atoms with van der Waals surface area (Å²) >= 11 is 5.24. The van der Waals surface area contributed by atoms with E-state index >= 15 is 0 Å². The number of nitrogens with one attached hydrogen (secondary N) is 2. The molecule has 6 nitrogen and oxygen atoms in total. The lowest BCUT2D eigenvalue weighted by atomic mass is 10.2. The van der Waals surface area contributed by atoms with Gasteiger partial charge in [0.15, 0.2) is 10.6 Å². The molecule has 2 aromatic carbocycles. The van der Waals surface area contributed by atoms with Gasteiger partial charge in [0.1, 0.15) is 12.3 Å². The van der Waals surface area contributed by atoms with Crippen molar-refractivity contribution in [3.8, 4) is 17.1 Å². The second-order valence-electron chi connectivity index (χ2n) is 5.08. The van der Waals surface area contributed by atoms with Crippen LogP contribution in [0.2, 0.25) is 0 Å². The average Bonchev–Trinajstić information content (AvgIpc) is 2.96. The van der Waals surface area contributed by atoms with Crippen molar-refractivity contribution in [2.45, 2.75) is 6.54 Å². The smallest absolute Gasteiger partial charge is 0.244 e. The molecule has 0 fully saturated rings. The van der Waals surface area contributed by atoms with E-state index in [1.165, 1.54) is 0 Å². The van der Waals surface area contributed by atoms with Crippen LogP contribution in [0.15, 0.2) is 54.6 Å². The molecule has 24 heavy (non-hydrogen) atoms. The van der Waals surface area contributed by atoms with Crippen molar-refractivity contribution >= 4 is 23.8 Å². The number of H-pyrrole nitrogens is 1. The van der Waals surface area contributed by atoms with E-state index in [-0.39, 0.29) is 12.5 Å². The maximum Gasteiger partial charge on any atom is 0.244 e. The first-order valence-corrected chi connectivity index (χ1v) is 7.73. The van der Waals surface area contributed by atoms with Gasteiger partial charge in [-0.3, -0.25) is 14.5 Å². The molecule has 0 unspecified atom stereocenters. The van der Waals surface area contributed by atoms with Gasteiger partial charge in [0, 0.05) is 11.3 Å². The number of para-hydroxylation sites is 1. The van der Waals surface area contributed by atoms with Gasteiger partial charge < -0.3 is 10.1 Å². The molecule has 0 atom stereocenters. The molecule has 3 aromatic rings. The molecular formula is C17H16N4O2S. The summed E-state index contributed by atoms with van der Waals surface area (Å²) < 4.78 is 7.21. The van der Waals surface area contributed by atoms with Gasteiger partial charge in [0.25, 0.3) is 0 Å². The molecule has 0 radical (unpaired) electrons. The zero-order valence-electron chi connectivity index (χ0n) is 13.0. The molecular weight excluding hydrogens is 324 g/mol. The number of ether oxygens (including phenoxy) is 1. The lowest BCUT2D eigenvalue weighted by molar-refractivity contribution is -0.116. The first-order valence-electron chi connectivity index (χ1n) is 7.32. The van der Waals surface area contributed by atoms with Crippen LogP contribution in [-0.2, 0) is 11.3 Å². The van der Waals surface area contributed by atoms with Gasteiger partial charge >= 0.3 is 0 Å². The van der Waals surface area contributed by atoms with Gasteiger partial charge in [-0.25, -0.2) is 0 Å². The Bertz CT molecular complexity index is 885. The third-order valence-corrected chi connectivity index (χ3v) is 3.78. The Hall–Kier alpha value is -2.93. The largest absolute Gasteiger partial charge is 0.497 e. The molecule has 1 heterocycles. The minimum absolute atomic E-state index is 0.0750. The first-order chi connectivity index (χ1) is 11.7. The fourth-order valence-corrected chi connectivity index (χ4v) is 2.49. The van der Waals surface area contributed by atoms with Gasteiger partial charge in [0.05, 0.1) is 7.11 Å². The van der Waals surface area contributed by atoms with Crippen molar-refractivity contribution in [2.75, 3.05) is 12.4 Å². The highest BCUT2D eigenvalue weighted by atomic mass is 32.1. The van der Waals surface area contributed by atoms with Crippen LogP contribution in [0, 0.1) is 4.77 Å². The van der Waals surface area contributed by atoms with Crippen LogP contribution < -0.4 is 10.1 Å². The highest BCUT2D eigenvalue weighted by Gasteiger charge is 2.12. The normalized spacial score (nSPS) is 10.4. The molecule has 2 N–H and O–H groups in total. The first kappa shape index (κ1) is 15.9. The summed E-state index contributed by atoms with van der Waals surface area (Å²) in [5.41, 5.74) is 1.58. The number of anilines is 1. The number of carbonyl (C=O) groups is 1. The highest BCUT2D eigenvalue weighted by Crippen LogP contribution is 2.21. The van der Waals surface area contributed by atoms with Crippen LogP contribution >= 0.6 is 12.2 Å². The van der Waals surface area contributed by atoms with E-state index in [1.807, 2.05) is 54.6 Å². The van der Waals surface area contributed by atoms with Gasteiger partial charge in [-0.1, -0.05) is 18.2 Å². The second-order valence-corrected chi connectivity index (χ2v) is 5.47. The number of hydrogen-bond donors (Lipinski definition) is 2. The van der Waals surface area contributed by atoms with Gasteiger partial charge in [-0.2, -0.15) is 5.10 Å². The highest BCUT2D eigenvalue weighted by molar-refractivity contribution is 7.71. The Balaban J connectivity index is 1.82. The fourth-order valence-electron chi connectivity index (χ4n) is 2.29. The third-order valence-electron chi connectivity index (χ3n) is 3.47. The van der Waals surface area contributed by atoms with Gasteiger partial charge in [-0.15, -0.1) is 0 Å². The van der Waals surface area contributed by atoms with Crippen molar-refractivity contribution in [1.82, 2.24) is 14.8 Å². The number of aromatic amines is 1. The third kappa shape index (κ3) is 3.52. The number of carbonyl (C=O) groups excluding carboxylic acids is 1. The Morgan fingerprint density at radius 2 is 1.92 bits per heavy atom. The van der Waals surface area contributed by atoms with Gasteiger partial charge in [0.2, 0.25) is 5.91 Å². The van der Waals surface area contributed by atoms with E-state index in [0.29, 0.717) is 10.6 Å². The number of methoxy groups -OCH3 is 1. The molecule has 0 aliphatic rings. The Morgan fingerprint density at radius 1 is 1.21 bits per heavy atom. The minimum Gasteiger partial charge on any atom is -0.497 e. The van der Waals surface area contributed by atoms with E-state index < -0.39 is 0 Å². The maximum absolute atomic E-state index is 12.3. The molecule has 1 amide bonds. The topological polar surface area (TPSA) is 71.9 Å². The number of benzene rings is 2. The molecule has 0 saturated carbocycles. The molecule has 0 spiro atoms. The summed E-state index contributed by atoms with van der Waals surface area (Å²) in [6, 6.07) is 16.7. The minimum atomic E-state index is -0.173. The lowest BCUT2D eigenvalue weighted by Crippen LogP contribution is -2.19. The lowest BCUT2D eigenvalue weighted by Gasteiger charge is -2.08. The molecule has 7 heteroatoms. The van der Waals surface area contributed by atoms with Crippen molar-refractivity contribution < 1.29 is 9.53 Å². The number of rotatable bonds is 5. The molecule has 1 aromatic heterocycles. The molecule has 0 aliphatic heterocycles. The van der Waals surface area contributed by atoms with Crippen LogP contribution in [0.4, 0.5) is 5.69 Å². The zero-order valence-corrected chi connectivity index (χ0v) is 13.8. The fraction of sp³-hybridized carbons (Fsp3) is 0.118. The Labute approximate surface area is 144 Å². The zero-order chi connectivity index (χ0) is 16.9. The summed E-state index contributed by atoms with van der Waals surface area (Å²) in [7, 11) is 1.61. The predicted octanol–water partition coefficient (Wildman–Crippen LogP) is 3.25. The number of hydrogen-bond acceptors (Lipinski definition) is 4. The number of aromatic nitrogens is 3. The standard InChI is InChI=1S/C17H16N4O2S/c1-23-14-9-7-12(8-10-14)16-19-20-17(24)21(16)11-15(22)18-13-5-3-2-4-6-13/h2-10H,11H2,1H3,(H,18,22)(H,20,24). The summed E-state index contributed by atoms with van der Waals surface area (Å²) in [6.07, 6.45) is 0. The summed E-state index contributed by atoms with van der Waals surface area (Å²) in [5.74, 6) is 1.18. The predicted molar refractivity (Wildman–Crippen MR) is 94.5 cm³/mol. The van der Waals surface area contributed by atoms with Crippen LogP contribution in [-0.4, -0.2) is 27.8 Å². The SMILES string of the molecule is COc1ccc(-c2n[nH]c(=S)n2CC(=O)Nc2ccccc2)cc1. The van der Waals surface area contributed by atoms with Crippen LogP contribution in [0.25, 0.3) is 11.4 Å². The van der Waals surface area contributed by atoms with Gasteiger partial charge in [-0.05, 0) is 48.6 Å². The number of amides is 1. The summed E-state index contributed by atoms with van der Waals surface area (Å²) in [5, 5.41) is 9.80. The number of nitrogens with zero attached hydrogens (tertiary/aromatic N) is 2. The van der Waals surface area contributed by atoms with E-state index in [0.717, 1.165) is 17.0 Å². The molecule has 0 bridgehead atoms. The second kappa shape index (κ2) is 7.10. The molecule has 0 saturated heterocycles. The van der Waals surface area contributed by atoms with Crippen LogP contribution in [0.3, 0.4) is 0 Å². The van der Waals surface area contributed by atoms with E-state index in [4.69, 9.17) is 17.0 Å². The van der Waals surface area contributed by atoms with E-state index in [9.17, 15) is 4.79 Å². The Kier molecular flexibility index (Phi) is 4.72. The monoisotopic (exact) mass is 340 g/mol. The van der Waals surface area contributed by atoms with Crippen molar-refractivity contribution in [1.29, 1.82) is 0 Å². The molecule has 122 valence electrons. The van der Waals surface area contributed by atoms with Crippen LogP contribution in [0.1, 0.15) is 0 Å². The maximum atomic E-state index is 12.3. The summed E-state index contributed by atoms with van der Waals surface area (Å²) in [4.78, 5) is 12.3. The van der Waals surface area contributed by atoms with Crippen molar-refractivity contribution in [3.05, 3.63) is 59.4 Å². The summed E-state index contributed by atoms with van der Waals surface area (Å²) in [6.45, 7) is 0.0750. The van der Waals surface area contributed by atoms with Crippen molar-refractivity contribution in [3.63, 3.8) is 0 Å². The van der Waals surface area contributed by atoms with E-state index in [1.54, 1.807) is 11.7 Å². The molecule has 0 aliphatic carbocycles. The average molecular weight is 340 g/mol. The molecule has 3 rings (SSSR count). The van der Waals surface area contributed by atoms with E-state index in [2.05, 4.69) is 15.5 Å². The van der Waals surface area contributed by atoms with Crippen LogP contribution in [0.5, 0.6) is 5.75 Å².